The van der Waals surface area contributed by atoms with Crippen LogP contribution in [0.3, 0.4) is 0 Å². The highest BCUT2D eigenvalue weighted by atomic mass is 16.6. The van der Waals surface area contributed by atoms with E-state index in [4.69, 9.17) is 9.47 Å². The Labute approximate surface area is 153 Å². The number of aliphatic hydroxyl groups is 1. The van der Waals surface area contributed by atoms with Crippen LogP contribution in [0, 0.1) is 5.92 Å². The normalized spacial score (nSPS) is 35.0. The van der Waals surface area contributed by atoms with Gasteiger partial charge in [-0.05, 0) is 32.3 Å². The number of hydrogen-bond donors (Lipinski definition) is 1. The first kappa shape index (κ1) is 20.3. The van der Waals surface area contributed by atoms with Crippen LogP contribution in [0.1, 0.15) is 39.5 Å². The van der Waals surface area contributed by atoms with Gasteiger partial charge in [-0.2, -0.15) is 0 Å². The number of ketones is 2. The fourth-order valence-electron chi connectivity index (χ4n) is 3.25. The molecule has 0 aromatic rings. The van der Waals surface area contributed by atoms with Gasteiger partial charge in [-0.3, -0.25) is 9.59 Å². The number of methoxy groups -OCH3 is 1. The lowest BCUT2D eigenvalue weighted by Crippen LogP contribution is -2.27. The molecule has 6 heteroatoms. The smallest absolute Gasteiger partial charge is 0.336 e. The largest absolute Gasteiger partial charge is 0.455 e. The van der Waals surface area contributed by atoms with Gasteiger partial charge in [0, 0.05) is 26.4 Å². The third-order valence-corrected chi connectivity index (χ3v) is 4.88. The van der Waals surface area contributed by atoms with Crippen LogP contribution in [0.25, 0.3) is 0 Å². The van der Waals surface area contributed by atoms with Gasteiger partial charge in [0.15, 0.2) is 5.78 Å². The molecule has 26 heavy (non-hydrogen) atoms. The fraction of sp³-hybridized carbons (Fsp3) is 0.550. The highest BCUT2D eigenvalue weighted by Gasteiger charge is 2.38. The number of carbonyl (C=O) groups is 3. The van der Waals surface area contributed by atoms with Crippen molar-refractivity contribution < 1.29 is 29.0 Å². The number of rotatable bonds is 2. The molecule has 0 aromatic heterocycles. The summed E-state index contributed by atoms with van der Waals surface area (Å²) in [6.45, 7) is 7.45. The standard InChI is InChI=1S/C20H26O6/c1-11(2)13-5-6-15-19(23)18(26-20(15)24)8-12(3)7-16(22)17(25-4)10-14(21)9-13/h6-7,13,17-19,23H,1,5,8-10H2,2-4H3/b12-7+,15-6+/t13-,17+,18+,19-/m0/s1. The van der Waals surface area contributed by atoms with E-state index in [1.165, 1.54) is 13.2 Å². The second-order valence-electron chi connectivity index (χ2n) is 7.10. The number of hydrogen-bond acceptors (Lipinski definition) is 6. The average Bonchev–Trinajstić information content (AvgIpc) is 2.81. The molecule has 1 saturated heterocycles. The summed E-state index contributed by atoms with van der Waals surface area (Å²) in [6.07, 6.45) is 1.27. The minimum absolute atomic E-state index is 0.000941. The Morgan fingerprint density at radius 3 is 2.58 bits per heavy atom. The molecule has 1 heterocycles. The quantitative estimate of drug-likeness (QED) is 0.597. The maximum absolute atomic E-state index is 12.4. The van der Waals surface area contributed by atoms with E-state index < -0.39 is 24.3 Å². The summed E-state index contributed by atoms with van der Waals surface area (Å²) in [4.78, 5) is 36.8. The van der Waals surface area contributed by atoms with Crippen LogP contribution < -0.4 is 0 Å². The van der Waals surface area contributed by atoms with Crippen molar-refractivity contribution in [2.75, 3.05) is 7.11 Å². The van der Waals surface area contributed by atoms with Gasteiger partial charge in [0.1, 0.15) is 24.1 Å². The van der Waals surface area contributed by atoms with E-state index in [-0.39, 0.29) is 42.3 Å². The minimum atomic E-state index is -1.05. The number of allylic oxidation sites excluding steroid dienone is 2. The zero-order valence-electron chi connectivity index (χ0n) is 15.5. The Morgan fingerprint density at radius 2 is 1.96 bits per heavy atom. The van der Waals surface area contributed by atoms with E-state index in [2.05, 4.69) is 6.58 Å². The van der Waals surface area contributed by atoms with Gasteiger partial charge in [-0.1, -0.05) is 23.8 Å². The summed E-state index contributed by atoms with van der Waals surface area (Å²) in [5, 5.41) is 10.4. The number of aliphatic hydroxyl groups excluding tert-OH is 1. The van der Waals surface area contributed by atoms with E-state index in [0.29, 0.717) is 12.0 Å². The molecule has 0 radical (unpaired) electrons. The van der Waals surface area contributed by atoms with Gasteiger partial charge in [0.2, 0.25) is 0 Å². The summed E-state index contributed by atoms with van der Waals surface area (Å²) >= 11 is 0. The van der Waals surface area contributed by atoms with Crippen molar-refractivity contribution in [3.8, 4) is 0 Å². The van der Waals surface area contributed by atoms with Crippen molar-refractivity contribution in [3.63, 3.8) is 0 Å². The average molecular weight is 362 g/mol. The molecule has 0 aromatic carbocycles. The van der Waals surface area contributed by atoms with Crippen LogP contribution in [0.2, 0.25) is 0 Å². The molecule has 2 rings (SSSR count). The van der Waals surface area contributed by atoms with Crippen LogP contribution in [0.4, 0.5) is 0 Å². The van der Waals surface area contributed by atoms with Crippen LogP contribution >= 0.6 is 0 Å². The first-order valence-corrected chi connectivity index (χ1v) is 8.73. The lowest BCUT2D eigenvalue weighted by atomic mass is 9.88. The van der Waals surface area contributed by atoms with Gasteiger partial charge < -0.3 is 14.6 Å². The van der Waals surface area contributed by atoms with Crippen molar-refractivity contribution in [2.24, 2.45) is 5.92 Å². The predicted molar refractivity (Wildman–Crippen MR) is 95.3 cm³/mol. The Bertz CT molecular complexity index is 672. The molecule has 6 nitrogen and oxygen atoms in total. The summed E-state index contributed by atoms with van der Waals surface area (Å²) in [6, 6.07) is 0. The molecule has 1 N–H and O–H groups in total. The maximum Gasteiger partial charge on any atom is 0.336 e. The second kappa shape index (κ2) is 8.56. The monoisotopic (exact) mass is 362 g/mol. The first-order chi connectivity index (χ1) is 12.2. The van der Waals surface area contributed by atoms with Crippen molar-refractivity contribution >= 4 is 17.5 Å². The maximum atomic E-state index is 12.4. The van der Waals surface area contributed by atoms with E-state index >= 15 is 0 Å². The highest BCUT2D eigenvalue weighted by Crippen LogP contribution is 2.29. The number of fused-ring (bicyclic) bond motifs is 2. The Kier molecular flexibility index (Phi) is 6.67. The molecule has 2 aliphatic rings. The molecule has 1 fully saturated rings. The molecular weight excluding hydrogens is 336 g/mol. The first-order valence-electron chi connectivity index (χ1n) is 8.73. The SMILES string of the molecule is C=C(C)[C@H]1C/C=C2/C(=O)O[C@H](C/C(C)=C/C(=O)[C@H](OC)CC(=O)C1)[C@H]2O. The molecule has 0 unspecified atom stereocenters. The molecular formula is C20H26O6. The van der Waals surface area contributed by atoms with Gasteiger partial charge >= 0.3 is 5.97 Å². The summed E-state index contributed by atoms with van der Waals surface area (Å²) in [5.41, 5.74) is 1.66. The van der Waals surface area contributed by atoms with Gasteiger partial charge in [-0.15, -0.1) is 0 Å². The van der Waals surface area contributed by atoms with Gasteiger partial charge in [-0.25, -0.2) is 4.79 Å². The zero-order chi connectivity index (χ0) is 19.4. The molecule has 4 atom stereocenters. The van der Waals surface area contributed by atoms with E-state index in [1.807, 2.05) is 6.92 Å². The summed E-state index contributed by atoms with van der Waals surface area (Å²) < 4.78 is 10.5. The van der Waals surface area contributed by atoms with Gasteiger partial charge in [0.05, 0.1) is 5.57 Å². The summed E-state index contributed by atoms with van der Waals surface area (Å²) in [5.74, 6) is -1.15. The number of esters is 1. The second-order valence-corrected chi connectivity index (χ2v) is 7.10. The molecule has 1 aliphatic carbocycles. The van der Waals surface area contributed by atoms with Crippen LogP contribution in [-0.4, -0.2) is 48.1 Å². The van der Waals surface area contributed by atoms with E-state index in [0.717, 1.165) is 5.57 Å². The lowest BCUT2D eigenvalue weighted by molar-refractivity contribution is -0.139. The summed E-state index contributed by atoms with van der Waals surface area (Å²) in [7, 11) is 1.40. The number of carbonyl (C=O) groups excluding carboxylic acids is 3. The highest BCUT2D eigenvalue weighted by molar-refractivity contribution is 5.97. The number of ether oxygens (including phenoxy) is 2. The topological polar surface area (TPSA) is 89.9 Å². The lowest BCUT2D eigenvalue weighted by Gasteiger charge is -2.18. The van der Waals surface area contributed by atoms with Gasteiger partial charge in [0.25, 0.3) is 0 Å². The van der Waals surface area contributed by atoms with E-state index in [9.17, 15) is 19.5 Å². The molecule has 2 bridgehead atoms. The predicted octanol–water partition coefficient (Wildman–Crippen LogP) is 2.06. The third-order valence-electron chi connectivity index (χ3n) is 4.88. The third kappa shape index (κ3) is 4.77. The van der Waals surface area contributed by atoms with E-state index in [1.54, 1.807) is 13.0 Å². The molecule has 0 amide bonds. The van der Waals surface area contributed by atoms with Crippen molar-refractivity contribution in [1.29, 1.82) is 0 Å². The Morgan fingerprint density at radius 1 is 1.27 bits per heavy atom. The molecule has 1 aliphatic heterocycles. The van der Waals surface area contributed by atoms with Crippen molar-refractivity contribution in [1.82, 2.24) is 0 Å². The minimum Gasteiger partial charge on any atom is -0.455 e. The molecule has 0 saturated carbocycles. The fourth-order valence-corrected chi connectivity index (χ4v) is 3.25. The van der Waals surface area contributed by atoms with Crippen molar-refractivity contribution in [2.45, 2.75) is 57.8 Å². The Balaban J connectivity index is 2.37. The number of Topliss-reactive ketones (excluding diaryl/α,β-unsaturated/α-hetero) is 1. The zero-order valence-corrected chi connectivity index (χ0v) is 15.5. The van der Waals surface area contributed by atoms with Crippen LogP contribution in [0.5, 0.6) is 0 Å². The van der Waals surface area contributed by atoms with Crippen LogP contribution in [-0.2, 0) is 23.9 Å². The Hall–Kier alpha value is -2.05. The van der Waals surface area contributed by atoms with Crippen LogP contribution in [0.15, 0.2) is 35.5 Å². The molecule has 142 valence electrons. The van der Waals surface area contributed by atoms with Crippen molar-refractivity contribution in [3.05, 3.63) is 35.5 Å². The molecule has 0 spiro atoms.